The van der Waals surface area contributed by atoms with Gasteiger partial charge in [-0.3, -0.25) is 4.21 Å². The van der Waals surface area contributed by atoms with Gasteiger partial charge in [0.15, 0.2) is 0 Å². The van der Waals surface area contributed by atoms with Crippen molar-refractivity contribution in [3.8, 4) is 0 Å². The topological polar surface area (TPSA) is 40.1 Å². The first-order valence-electron chi connectivity index (χ1n) is 3.18. The second kappa shape index (κ2) is 4.21. The minimum absolute atomic E-state index is 0. The normalized spacial score (nSPS) is 23.0. The van der Waals surface area contributed by atoms with Gasteiger partial charge in [0.05, 0.1) is 0 Å². The van der Waals surface area contributed by atoms with Crippen molar-refractivity contribution in [3.05, 3.63) is 0 Å². The maximum atomic E-state index is 10.1. The average Bonchev–Trinajstić information content (AvgIpc) is 2.45. The van der Waals surface area contributed by atoms with E-state index in [2.05, 4.69) is 6.92 Å². The van der Waals surface area contributed by atoms with E-state index in [0.29, 0.717) is 11.2 Å². The van der Waals surface area contributed by atoms with Crippen LogP contribution in [0.15, 0.2) is 0 Å². The van der Waals surface area contributed by atoms with Gasteiger partial charge in [-0.05, 0) is 24.7 Å². The summed E-state index contributed by atoms with van der Waals surface area (Å²) in [4.78, 5) is 0. The molecular formula is C6H11NaO2S. The van der Waals surface area contributed by atoms with Gasteiger partial charge in [0, 0.05) is 5.75 Å². The Morgan fingerprint density at radius 1 is 1.60 bits per heavy atom. The van der Waals surface area contributed by atoms with Crippen LogP contribution in [0.4, 0.5) is 0 Å². The summed E-state index contributed by atoms with van der Waals surface area (Å²) in [6.07, 6.45) is 3.28. The van der Waals surface area contributed by atoms with E-state index in [4.69, 9.17) is 0 Å². The molecule has 0 radical (unpaired) electrons. The molecular weight excluding hydrogens is 159 g/mol. The first-order chi connectivity index (χ1) is 4.12. The molecule has 1 aliphatic rings. The van der Waals surface area contributed by atoms with Crippen molar-refractivity contribution >= 4 is 11.1 Å². The molecule has 2 nitrogen and oxygen atoms in total. The van der Waals surface area contributed by atoms with Crippen molar-refractivity contribution in [1.29, 1.82) is 0 Å². The predicted molar refractivity (Wildman–Crippen MR) is 35.7 cm³/mol. The Labute approximate surface area is 86.3 Å². The van der Waals surface area contributed by atoms with Crippen LogP contribution in [-0.4, -0.2) is 14.5 Å². The first kappa shape index (κ1) is 11.1. The SMILES string of the molecule is CC1(CCS(=O)[O-])CC1.[Na+]. The standard InChI is InChI=1S/C6H12O2S.Na/c1-6(2-3-6)4-5-9(7)8;/h2-5H2,1H3,(H,7,8);/q;+1/p-1. The van der Waals surface area contributed by atoms with Crippen LogP contribution in [0, 0.1) is 5.41 Å². The van der Waals surface area contributed by atoms with Crippen LogP contribution in [-0.2, 0) is 11.1 Å². The molecule has 1 aliphatic carbocycles. The molecule has 1 saturated carbocycles. The molecule has 0 spiro atoms. The summed E-state index contributed by atoms with van der Waals surface area (Å²) in [5.41, 5.74) is 0.389. The first-order valence-corrected chi connectivity index (χ1v) is 4.43. The van der Waals surface area contributed by atoms with Gasteiger partial charge < -0.3 is 4.55 Å². The molecule has 0 N–H and O–H groups in total. The third-order valence-electron chi connectivity index (χ3n) is 1.98. The van der Waals surface area contributed by atoms with Gasteiger partial charge in [-0.2, -0.15) is 0 Å². The molecule has 1 rings (SSSR count). The Morgan fingerprint density at radius 2 is 2.10 bits per heavy atom. The van der Waals surface area contributed by atoms with Gasteiger partial charge in [-0.1, -0.05) is 18.0 Å². The third-order valence-corrected chi connectivity index (χ3v) is 2.51. The van der Waals surface area contributed by atoms with Crippen LogP contribution in [0.1, 0.15) is 26.2 Å². The molecule has 4 heteroatoms. The quantitative estimate of drug-likeness (QED) is 0.365. The van der Waals surface area contributed by atoms with Crippen LogP contribution in [0.3, 0.4) is 0 Å². The predicted octanol–water partition coefficient (Wildman–Crippen LogP) is -1.94. The monoisotopic (exact) mass is 170 g/mol. The van der Waals surface area contributed by atoms with Crippen LogP contribution in [0.2, 0.25) is 0 Å². The zero-order chi connectivity index (χ0) is 6.91. The molecule has 0 heterocycles. The van der Waals surface area contributed by atoms with E-state index < -0.39 is 11.1 Å². The van der Waals surface area contributed by atoms with E-state index in [9.17, 15) is 8.76 Å². The van der Waals surface area contributed by atoms with Gasteiger partial charge in [-0.15, -0.1) is 0 Å². The van der Waals surface area contributed by atoms with Crippen molar-refractivity contribution in [2.75, 3.05) is 5.75 Å². The summed E-state index contributed by atoms with van der Waals surface area (Å²) < 4.78 is 20.1. The van der Waals surface area contributed by atoms with Gasteiger partial charge in [0.2, 0.25) is 0 Å². The molecule has 54 valence electrons. The van der Waals surface area contributed by atoms with Crippen molar-refractivity contribution in [2.24, 2.45) is 5.41 Å². The molecule has 0 aromatic rings. The summed E-state index contributed by atoms with van der Waals surface area (Å²) in [5, 5.41) is 0. The largest absolute Gasteiger partial charge is 1.00 e. The van der Waals surface area contributed by atoms with Crippen molar-refractivity contribution < 1.29 is 38.3 Å². The second-order valence-electron chi connectivity index (χ2n) is 3.07. The molecule has 0 saturated heterocycles. The summed E-state index contributed by atoms with van der Waals surface area (Å²) in [7, 11) is 0. The van der Waals surface area contributed by atoms with Crippen molar-refractivity contribution in [3.63, 3.8) is 0 Å². The van der Waals surface area contributed by atoms with Crippen LogP contribution in [0.5, 0.6) is 0 Å². The Bertz CT molecular complexity index is 134. The Hall–Kier alpha value is 1.11. The zero-order valence-corrected chi connectivity index (χ0v) is 9.37. The number of hydrogen-bond acceptors (Lipinski definition) is 2. The van der Waals surface area contributed by atoms with Crippen LogP contribution in [0.25, 0.3) is 0 Å². The Morgan fingerprint density at radius 3 is 2.40 bits per heavy atom. The van der Waals surface area contributed by atoms with E-state index in [1.54, 1.807) is 0 Å². The zero-order valence-electron chi connectivity index (χ0n) is 6.55. The van der Waals surface area contributed by atoms with Gasteiger partial charge >= 0.3 is 29.6 Å². The molecule has 1 fully saturated rings. The minimum Gasteiger partial charge on any atom is -0.772 e. The fourth-order valence-electron chi connectivity index (χ4n) is 0.793. The van der Waals surface area contributed by atoms with E-state index in [1.807, 2.05) is 0 Å². The van der Waals surface area contributed by atoms with Gasteiger partial charge in [0.1, 0.15) is 0 Å². The summed E-state index contributed by atoms with van der Waals surface area (Å²) in [6.45, 7) is 2.14. The Kier molecular flexibility index (Phi) is 4.68. The maximum Gasteiger partial charge on any atom is 1.00 e. The van der Waals surface area contributed by atoms with Crippen molar-refractivity contribution in [1.82, 2.24) is 0 Å². The van der Waals surface area contributed by atoms with Gasteiger partial charge in [0.25, 0.3) is 0 Å². The van der Waals surface area contributed by atoms with E-state index in [1.165, 1.54) is 12.8 Å². The molecule has 0 aromatic carbocycles. The molecule has 0 amide bonds. The molecule has 10 heavy (non-hydrogen) atoms. The minimum atomic E-state index is -1.82. The van der Waals surface area contributed by atoms with Crippen LogP contribution >= 0.6 is 0 Å². The molecule has 0 bridgehead atoms. The summed E-state index contributed by atoms with van der Waals surface area (Å²) >= 11 is -1.82. The van der Waals surface area contributed by atoms with E-state index in [0.717, 1.165) is 6.42 Å². The van der Waals surface area contributed by atoms with Gasteiger partial charge in [-0.25, -0.2) is 0 Å². The molecule has 0 aromatic heterocycles. The third kappa shape index (κ3) is 4.09. The number of hydrogen-bond donors (Lipinski definition) is 0. The maximum absolute atomic E-state index is 10.1. The summed E-state index contributed by atoms with van der Waals surface area (Å²) in [5.74, 6) is 0.344. The molecule has 0 aliphatic heterocycles. The van der Waals surface area contributed by atoms with Crippen LogP contribution < -0.4 is 29.6 Å². The summed E-state index contributed by atoms with van der Waals surface area (Å²) in [6, 6.07) is 0. The van der Waals surface area contributed by atoms with Crippen molar-refractivity contribution in [2.45, 2.75) is 26.2 Å². The van der Waals surface area contributed by atoms with E-state index in [-0.39, 0.29) is 29.6 Å². The second-order valence-corrected chi connectivity index (χ2v) is 4.08. The smallest absolute Gasteiger partial charge is 0.772 e. The fraction of sp³-hybridized carbons (Fsp3) is 1.00. The molecule has 1 atom stereocenters. The fourth-order valence-corrected chi connectivity index (χ4v) is 1.45. The van der Waals surface area contributed by atoms with E-state index >= 15 is 0 Å². The number of rotatable bonds is 3. The Balaban J connectivity index is 0.000000810. The molecule has 1 unspecified atom stereocenters. The average molecular weight is 170 g/mol.